The maximum absolute atomic E-state index is 13.4. The number of aliphatic hydroxyl groups is 1. The molecular weight excluding hydrogens is 448 g/mol. The van der Waals surface area contributed by atoms with Crippen LogP contribution in [0.4, 0.5) is 5.69 Å². The smallest absolute Gasteiger partial charge is 0.255 e. The number of piperidine rings is 1. The van der Waals surface area contributed by atoms with Crippen LogP contribution in [0, 0.1) is 12.3 Å². The molecule has 3 aromatic carbocycles. The normalized spacial score (nSPS) is 16.2. The number of rotatable bonds is 7. The third-order valence-electron chi connectivity index (χ3n) is 6.55. The molecule has 1 amide bonds. The second-order valence-corrected chi connectivity index (χ2v) is 11.0. The zero-order valence-corrected chi connectivity index (χ0v) is 20.1. The van der Waals surface area contributed by atoms with E-state index in [4.69, 9.17) is 0 Å². The number of nitrogens with one attached hydrogen (secondary N) is 1. The summed E-state index contributed by atoms with van der Waals surface area (Å²) in [5.74, 6) is -0.358. The van der Waals surface area contributed by atoms with Gasteiger partial charge < -0.3 is 10.4 Å². The van der Waals surface area contributed by atoms with Crippen molar-refractivity contribution in [3.63, 3.8) is 0 Å². The number of hydrogen-bond donors (Lipinski definition) is 2. The number of carbonyl (C=O) groups excluding carboxylic acids is 1. The second kappa shape index (κ2) is 10.1. The minimum atomic E-state index is -3.76. The summed E-state index contributed by atoms with van der Waals surface area (Å²) < 4.78 is 28.2. The van der Waals surface area contributed by atoms with Gasteiger partial charge >= 0.3 is 0 Å². The molecule has 1 saturated heterocycles. The van der Waals surface area contributed by atoms with Gasteiger partial charge in [0.15, 0.2) is 0 Å². The van der Waals surface area contributed by atoms with E-state index in [9.17, 15) is 18.3 Å². The van der Waals surface area contributed by atoms with Gasteiger partial charge in [-0.25, -0.2) is 8.42 Å². The van der Waals surface area contributed by atoms with Crippen LogP contribution in [0.25, 0.3) is 0 Å². The molecule has 1 aliphatic heterocycles. The van der Waals surface area contributed by atoms with Gasteiger partial charge in [-0.3, -0.25) is 4.79 Å². The van der Waals surface area contributed by atoms with Crippen LogP contribution in [0.5, 0.6) is 0 Å². The third-order valence-corrected chi connectivity index (χ3v) is 8.45. The molecule has 7 heteroatoms. The first-order valence-corrected chi connectivity index (χ1v) is 12.9. The zero-order chi connectivity index (χ0) is 24.2. The summed E-state index contributed by atoms with van der Waals surface area (Å²) in [5.41, 5.74) is 2.77. The molecule has 0 atom stereocenters. The van der Waals surface area contributed by atoms with Gasteiger partial charge in [0.25, 0.3) is 5.91 Å². The van der Waals surface area contributed by atoms with E-state index in [-0.39, 0.29) is 28.4 Å². The Morgan fingerprint density at radius 1 is 0.971 bits per heavy atom. The molecule has 2 N–H and O–H groups in total. The highest BCUT2D eigenvalue weighted by Gasteiger charge is 2.38. The van der Waals surface area contributed by atoms with Gasteiger partial charge in [0.1, 0.15) is 0 Å². The van der Waals surface area contributed by atoms with Gasteiger partial charge in [0.05, 0.1) is 4.90 Å². The monoisotopic (exact) mass is 478 g/mol. The second-order valence-electron chi connectivity index (χ2n) is 9.08. The molecule has 0 bridgehead atoms. The van der Waals surface area contributed by atoms with E-state index >= 15 is 0 Å². The summed E-state index contributed by atoms with van der Waals surface area (Å²) in [5, 5.41) is 13.0. The third kappa shape index (κ3) is 5.38. The van der Waals surface area contributed by atoms with Crippen LogP contribution in [-0.4, -0.2) is 43.4 Å². The topological polar surface area (TPSA) is 86.7 Å². The maximum Gasteiger partial charge on any atom is 0.255 e. The number of sulfonamides is 1. The Kier molecular flexibility index (Phi) is 7.16. The minimum Gasteiger partial charge on any atom is -0.396 e. The van der Waals surface area contributed by atoms with Crippen molar-refractivity contribution in [2.45, 2.75) is 31.1 Å². The fraction of sp³-hybridized carbons (Fsp3) is 0.296. The summed E-state index contributed by atoms with van der Waals surface area (Å²) in [6.07, 6.45) is 1.86. The minimum absolute atomic E-state index is 0.0183. The summed E-state index contributed by atoms with van der Waals surface area (Å²) in [7, 11) is -3.76. The van der Waals surface area contributed by atoms with Crippen LogP contribution in [-0.2, 0) is 16.4 Å². The molecule has 1 aliphatic rings. The standard InChI is InChI=1S/C27H30N2O4S/c1-21-7-5-11-24(17-21)28-26(31)23-10-6-12-25(18-23)34(32,33)29-15-13-27(20-30,14-16-29)19-22-8-3-2-4-9-22/h2-12,17-18,30H,13-16,19-20H2,1H3,(H,28,31). The molecule has 3 aromatic rings. The fourth-order valence-electron chi connectivity index (χ4n) is 4.49. The Balaban J connectivity index is 1.47. The molecule has 0 aromatic heterocycles. The molecule has 34 heavy (non-hydrogen) atoms. The first-order valence-electron chi connectivity index (χ1n) is 11.4. The summed E-state index contributed by atoms with van der Waals surface area (Å²) in [6, 6.07) is 23.6. The number of amides is 1. The number of nitrogens with zero attached hydrogens (tertiary/aromatic N) is 1. The quantitative estimate of drug-likeness (QED) is 0.531. The highest BCUT2D eigenvalue weighted by atomic mass is 32.2. The highest BCUT2D eigenvalue weighted by molar-refractivity contribution is 7.89. The van der Waals surface area contributed by atoms with Crippen molar-refractivity contribution in [1.82, 2.24) is 4.31 Å². The van der Waals surface area contributed by atoms with Crippen molar-refractivity contribution in [2.75, 3.05) is 25.0 Å². The van der Waals surface area contributed by atoms with E-state index in [0.29, 0.717) is 38.0 Å². The maximum atomic E-state index is 13.4. The molecular formula is C27H30N2O4S. The molecule has 0 aliphatic carbocycles. The Morgan fingerprint density at radius 3 is 2.35 bits per heavy atom. The number of anilines is 1. The molecule has 0 unspecified atom stereocenters. The lowest BCUT2D eigenvalue weighted by molar-refractivity contribution is 0.0684. The number of carbonyl (C=O) groups is 1. The van der Waals surface area contributed by atoms with Crippen LogP contribution in [0.1, 0.15) is 34.3 Å². The van der Waals surface area contributed by atoms with E-state index in [0.717, 1.165) is 11.1 Å². The number of aliphatic hydroxyl groups excluding tert-OH is 1. The lowest BCUT2D eigenvalue weighted by Crippen LogP contribution is -2.45. The number of aryl methyl sites for hydroxylation is 1. The Morgan fingerprint density at radius 2 is 1.68 bits per heavy atom. The van der Waals surface area contributed by atoms with Crippen LogP contribution in [0.15, 0.2) is 83.8 Å². The van der Waals surface area contributed by atoms with Crippen molar-refractivity contribution < 1.29 is 18.3 Å². The van der Waals surface area contributed by atoms with Gasteiger partial charge in [0.2, 0.25) is 10.0 Å². The van der Waals surface area contributed by atoms with Gasteiger partial charge in [-0.15, -0.1) is 0 Å². The van der Waals surface area contributed by atoms with Crippen LogP contribution < -0.4 is 5.32 Å². The first-order chi connectivity index (χ1) is 16.3. The van der Waals surface area contributed by atoms with Gasteiger partial charge in [-0.2, -0.15) is 4.31 Å². The number of benzene rings is 3. The molecule has 0 radical (unpaired) electrons. The van der Waals surface area contributed by atoms with E-state index < -0.39 is 10.0 Å². The van der Waals surface area contributed by atoms with Crippen LogP contribution in [0.3, 0.4) is 0 Å². The van der Waals surface area contributed by atoms with E-state index in [1.165, 1.54) is 16.4 Å². The van der Waals surface area contributed by atoms with Crippen molar-refractivity contribution in [3.05, 3.63) is 95.6 Å². The Hall–Kier alpha value is -3.00. The van der Waals surface area contributed by atoms with Crippen molar-refractivity contribution in [3.8, 4) is 0 Å². The Bertz CT molecular complexity index is 1250. The first kappa shape index (κ1) is 24.1. The molecule has 6 nitrogen and oxygen atoms in total. The van der Waals surface area contributed by atoms with Crippen LogP contribution in [0.2, 0.25) is 0 Å². The SMILES string of the molecule is Cc1cccc(NC(=O)c2cccc(S(=O)(=O)N3CCC(CO)(Cc4ccccc4)CC3)c2)c1. The van der Waals surface area contributed by atoms with E-state index in [2.05, 4.69) is 5.32 Å². The number of hydrogen-bond acceptors (Lipinski definition) is 4. The average molecular weight is 479 g/mol. The molecule has 4 rings (SSSR count). The summed E-state index contributed by atoms with van der Waals surface area (Å²) >= 11 is 0. The van der Waals surface area contributed by atoms with Crippen molar-refractivity contribution >= 4 is 21.6 Å². The average Bonchev–Trinajstić information content (AvgIpc) is 2.85. The van der Waals surface area contributed by atoms with E-state index in [1.54, 1.807) is 18.2 Å². The fourth-order valence-corrected chi connectivity index (χ4v) is 5.98. The zero-order valence-electron chi connectivity index (χ0n) is 19.3. The lowest BCUT2D eigenvalue weighted by atomic mass is 9.75. The van der Waals surface area contributed by atoms with Crippen LogP contribution >= 0.6 is 0 Å². The molecule has 0 saturated carbocycles. The van der Waals surface area contributed by atoms with Gasteiger partial charge in [-0.05, 0) is 73.1 Å². The highest BCUT2D eigenvalue weighted by Crippen LogP contribution is 2.36. The lowest BCUT2D eigenvalue weighted by Gasteiger charge is -2.40. The van der Waals surface area contributed by atoms with Crippen molar-refractivity contribution in [2.24, 2.45) is 5.41 Å². The van der Waals surface area contributed by atoms with Gasteiger partial charge in [-0.1, -0.05) is 48.5 Å². The predicted molar refractivity (Wildman–Crippen MR) is 133 cm³/mol. The summed E-state index contributed by atoms with van der Waals surface area (Å²) in [4.78, 5) is 12.8. The van der Waals surface area contributed by atoms with Crippen molar-refractivity contribution in [1.29, 1.82) is 0 Å². The molecule has 1 heterocycles. The molecule has 1 fully saturated rings. The van der Waals surface area contributed by atoms with E-state index in [1.807, 2.05) is 55.5 Å². The largest absolute Gasteiger partial charge is 0.396 e. The Labute approximate surface area is 201 Å². The predicted octanol–water partition coefficient (Wildman–Crippen LogP) is 4.25. The van der Waals surface area contributed by atoms with Gasteiger partial charge in [0, 0.05) is 30.9 Å². The molecule has 0 spiro atoms. The molecule has 178 valence electrons. The summed E-state index contributed by atoms with van der Waals surface area (Å²) in [6.45, 7) is 2.61.